The highest BCUT2D eigenvalue weighted by Crippen LogP contribution is 2.29. The summed E-state index contributed by atoms with van der Waals surface area (Å²) in [7, 11) is 3.12. The lowest BCUT2D eigenvalue weighted by Gasteiger charge is -2.18. The Morgan fingerprint density at radius 3 is 2.11 bits per heavy atom. The van der Waals surface area contributed by atoms with E-state index in [1.54, 1.807) is 56.7 Å². The molecule has 1 aromatic heterocycles. The monoisotopic (exact) mass is 551 g/mol. The predicted molar refractivity (Wildman–Crippen MR) is 145 cm³/mol. The maximum Gasteiger partial charge on any atom is 0.262 e. The number of ether oxygens (including phenoxy) is 2. The van der Waals surface area contributed by atoms with Crippen LogP contribution in [0, 0.1) is 0 Å². The molecule has 8 nitrogen and oxygen atoms in total. The molecule has 0 saturated heterocycles. The smallest absolute Gasteiger partial charge is 0.262 e. The fourth-order valence-electron chi connectivity index (χ4n) is 4.65. The van der Waals surface area contributed by atoms with Gasteiger partial charge in [0.2, 0.25) is 0 Å². The summed E-state index contributed by atoms with van der Waals surface area (Å²) in [5.41, 5.74) is 1.58. The van der Waals surface area contributed by atoms with Crippen LogP contribution < -0.4 is 15.0 Å². The summed E-state index contributed by atoms with van der Waals surface area (Å²) in [6, 6.07) is 15.4. The van der Waals surface area contributed by atoms with Gasteiger partial charge in [-0.1, -0.05) is 41.4 Å². The van der Waals surface area contributed by atoms with E-state index in [9.17, 15) is 14.4 Å². The van der Waals surface area contributed by atoms with Gasteiger partial charge in [0.1, 0.15) is 5.82 Å². The topological polar surface area (TPSA) is 90.7 Å². The maximum atomic E-state index is 13.7. The first kappa shape index (κ1) is 25.8. The normalized spacial score (nSPS) is 12.8. The van der Waals surface area contributed by atoms with E-state index in [0.29, 0.717) is 34.9 Å². The highest BCUT2D eigenvalue weighted by molar-refractivity contribution is 6.39. The van der Waals surface area contributed by atoms with Crippen LogP contribution >= 0.6 is 23.2 Å². The summed E-state index contributed by atoms with van der Waals surface area (Å²) in [5, 5.41) is 0.750. The first-order chi connectivity index (χ1) is 18.3. The average molecular weight is 552 g/mol. The quantitative estimate of drug-likeness (QED) is 0.292. The van der Waals surface area contributed by atoms with E-state index in [-0.39, 0.29) is 57.8 Å². The Kier molecular flexibility index (Phi) is 7.10. The summed E-state index contributed by atoms with van der Waals surface area (Å²) in [4.78, 5) is 45.3. The third-order valence-electron chi connectivity index (χ3n) is 6.60. The van der Waals surface area contributed by atoms with Crippen LogP contribution in [0.5, 0.6) is 11.5 Å². The van der Waals surface area contributed by atoms with Crippen LogP contribution in [0.15, 0.2) is 59.4 Å². The van der Waals surface area contributed by atoms with E-state index in [0.717, 1.165) is 5.56 Å². The molecule has 194 valence electrons. The lowest BCUT2D eigenvalue weighted by Crippen LogP contribution is -2.34. The SMILES string of the molecule is COc1ccc(CCn2c(CCN3C(=O)c4ccccc4C3=O)nc3c(Cl)ccc(Cl)c3c2=O)cc1OC. The number of hydrogen-bond acceptors (Lipinski definition) is 6. The van der Waals surface area contributed by atoms with Gasteiger partial charge in [-0.25, -0.2) is 4.98 Å². The number of methoxy groups -OCH3 is 2. The molecule has 1 aliphatic rings. The first-order valence-corrected chi connectivity index (χ1v) is 12.6. The number of rotatable bonds is 8. The van der Waals surface area contributed by atoms with Crippen LogP contribution in [0.1, 0.15) is 32.1 Å². The van der Waals surface area contributed by atoms with Gasteiger partial charge in [0, 0.05) is 19.5 Å². The van der Waals surface area contributed by atoms with Gasteiger partial charge in [0.05, 0.1) is 46.3 Å². The van der Waals surface area contributed by atoms with E-state index in [4.69, 9.17) is 32.7 Å². The number of imide groups is 1. The molecular formula is C28H23Cl2N3O5. The number of aryl methyl sites for hydroxylation is 1. The Bertz CT molecular complexity index is 1620. The minimum atomic E-state index is -0.369. The molecule has 10 heteroatoms. The average Bonchev–Trinajstić information content (AvgIpc) is 3.17. The largest absolute Gasteiger partial charge is 0.493 e. The van der Waals surface area contributed by atoms with Crippen LogP contribution in [0.25, 0.3) is 10.9 Å². The lowest BCUT2D eigenvalue weighted by molar-refractivity contribution is 0.0655. The molecule has 4 aromatic rings. The Morgan fingerprint density at radius 2 is 1.45 bits per heavy atom. The van der Waals surface area contributed by atoms with Crippen molar-refractivity contribution in [2.75, 3.05) is 20.8 Å². The Hall–Kier alpha value is -3.88. The zero-order valence-corrected chi connectivity index (χ0v) is 22.2. The molecule has 0 spiro atoms. The van der Waals surface area contributed by atoms with Crippen LogP contribution in [0.3, 0.4) is 0 Å². The van der Waals surface area contributed by atoms with Gasteiger partial charge in [-0.3, -0.25) is 23.9 Å². The Morgan fingerprint density at radius 1 is 0.789 bits per heavy atom. The number of aromatic nitrogens is 2. The van der Waals surface area contributed by atoms with Gasteiger partial charge in [-0.15, -0.1) is 0 Å². The third kappa shape index (κ3) is 4.50. The number of carbonyl (C=O) groups is 2. The maximum absolute atomic E-state index is 13.7. The lowest BCUT2D eigenvalue weighted by atomic mass is 10.1. The van der Waals surface area contributed by atoms with Gasteiger partial charge in [-0.05, 0) is 48.4 Å². The standard InChI is InChI=1S/C28H23Cl2N3O5/c1-37-21-10-7-16(15-22(21)38-2)11-13-32-23(31-25-20(30)9-8-19(29)24(25)28(32)36)12-14-33-26(34)17-5-3-4-6-18(17)27(33)35/h3-10,15H,11-14H2,1-2H3. The van der Waals surface area contributed by atoms with Crippen molar-refractivity contribution in [3.8, 4) is 11.5 Å². The minimum Gasteiger partial charge on any atom is -0.493 e. The zero-order valence-electron chi connectivity index (χ0n) is 20.7. The van der Waals surface area contributed by atoms with Crippen LogP contribution in [-0.4, -0.2) is 47.0 Å². The molecule has 5 rings (SSSR count). The number of hydrogen-bond donors (Lipinski definition) is 0. The second-order valence-electron chi connectivity index (χ2n) is 8.73. The Labute approximate surface area is 228 Å². The van der Waals surface area contributed by atoms with Crippen molar-refractivity contribution in [1.82, 2.24) is 14.5 Å². The molecule has 0 N–H and O–H groups in total. The van der Waals surface area contributed by atoms with Gasteiger partial charge in [0.25, 0.3) is 17.4 Å². The van der Waals surface area contributed by atoms with Gasteiger partial charge in [0.15, 0.2) is 11.5 Å². The highest BCUT2D eigenvalue weighted by Gasteiger charge is 2.35. The van der Waals surface area contributed by atoms with Crippen molar-refractivity contribution in [3.63, 3.8) is 0 Å². The van der Waals surface area contributed by atoms with Gasteiger partial charge in [-0.2, -0.15) is 0 Å². The molecule has 1 aliphatic heterocycles. The number of halogens is 2. The first-order valence-electron chi connectivity index (χ1n) is 11.9. The van der Waals surface area contributed by atoms with Crippen LogP contribution in [-0.2, 0) is 19.4 Å². The summed E-state index contributed by atoms with van der Waals surface area (Å²) >= 11 is 12.8. The number of carbonyl (C=O) groups excluding carboxylic acids is 2. The van der Waals surface area contributed by atoms with E-state index in [1.165, 1.54) is 9.47 Å². The predicted octanol–water partition coefficient (Wildman–Crippen LogP) is 4.80. The van der Waals surface area contributed by atoms with Crippen molar-refractivity contribution in [2.45, 2.75) is 19.4 Å². The van der Waals surface area contributed by atoms with E-state index < -0.39 is 0 Å². The summed E-state index contributed by atoms with van der Waals surface area (Å²) < 4.78 is 12.2. The summed E-state index contributed by atoms with van der Waals surface area (Å²) in [5.74, 6) is 0.834. The number of nitrogens with zero attached hydrogens (tertiary/aromatic N) is 3. The summed E-state index contributed by atoms with van der Waals surface area (Å²) in [6.07, 6.45) is 0.636. The van der Waals surface area contributed by atoms with Gasteiger partial charge < -0.3 is 9.47 Å². The number of benzene rings is 3. The molecule has 2 amide bonds. The Balaban J connectivity index is 1.50. The third-order valence-corrected chi connectivity index (χ3v) is 7.22. The minimum absolute atomic E-state index is 0.0544. The van der Waals surface area contributed by atoms with Crippen LogP contribution in [0.2, 0.25) is 10.0 Å². The molecule has 0 unspecified atom stereocenters. The number of amides is 2. The molecule has 38 heavy (non-hydrogen) atoms. The van der Waals surface area contributed by atoms with Crippen molar-refractivity contribution in [2.24, 2.45) is 0 Å². The van der Waals surface area contributed by atoms with Crippen molar-refractivity contribution < 1.29 is 19.1 Å². The van der Waals surface area contributed by atoms with Crippen molar-refractivity contribution in [1.29, 1.82) is 0 Å². The second kappa shape index (κ2) is 10.5. The highest BCUT2D eigenvalue weighted by atomic mass is 35.5. The molecule has 0 radical (unpaired) electrons. The fraction of sp³-hybridized carbons (Fsp3) is 0.214. The fourth-order valence-corrected chi connectivity index (χ4v) is 5.08. The second-order valence-corrected chi connectivity index (χ2v) is 9.55. The molecule has 0 saturated carbocycles. The van der Waals surface area contributed by atoms with E-state index in [1.807, 2.05) is 12.1 Å². The van der Waals surface area contributed by atoms with Crippen molar-refractivity contribution in [3.05, 3.63) is 97.5 Å². The molecule has 0 atom stereocenters. The summed E-state index contributed by atoms with van der Waals surface area (Å²) in [6.45, 7) is 0.330. The molecular weight excluding hydrogens is 529 g/mol. The molecule has 0 bridgehead atoms. The van der Waals surface area contributed by atoms with Crippen molar-refractivity contribution >= 4 is 45.9 Å². The molecule has 2 heterocycles. The van der Waals surface area contributed by atoms with Crippen LogP contribution in [0.4, 0.5) is 0 Å². The van der Waals surface area contributed by atoms with E-state index >= 15 is 0 Å². The number of fused-ring (bicyclic) bond motifs is 2. The zero-order chi connectivity index (χ0) is 27.0. The van der Waals surface area contributed by atoms with Gasteiger partial charge >= 0.3 is 0 Å². The van der Waals surface area contributed by atoms with E-state index in [2.05, 4.69) is 4.98 Å². The molecule has 0 fully saturated rings. The molecule has 0 aliphatic carbocycles. The molecule has 3 aromatic carbocycles.